The van der Waals surface area contributed by atoms with E-state index in [1.165, 1.54) is 27.7 Å². The number of Topliss-reactive ketones (excluding diaryl/α,β-unsaturated/α-hetero) is 3. The third kappa shape index (κ3) is 56.4. The quantitative estimate of drug-likeness (QED) is 0.134. The van der Waals surface area contributed by atoms with Crippen LogP contribution in [0.25, 0.3) is 9.69 Å². The maximum absolute atomic E-state index is 10.9. The van der Waals surface area contributed by atoms with E-state index in [1.807, 2.05) is 0 Å². The maximum atomic E-state index is 10.9. The number of hydrogen-bond donors (Lipinski definition) is 2. The molecule has 2 N–H and O–H groups in total. The minimum Gasteiger partial charge on any atom is -0.876 e. The van der Waals surface area contributed by atoms with Gasteiger partial charge >= 0.3 is 24.8 Å². The number of ketones is 3. The van der Waals surface area contributed by atoms with E-state index in [9.17, 15) is 24.3 Å². The van der Waals surface area contributed by atoms with E-state index in [-0.39, 0.29) is 74.3 Å². The van der Waals surface area contributed by atoms with E-state index < -0.39 is 18.2 Å². The van der Waals surface area contributed by atoms with Crippen LogP contribution >= 0.6 is 0 Å². The number of carbonyl (C=O) groups is 4. The summed E-state index contributed by atoms with van der Waals surface area (Å²) >= 11 is 0. The van der Waals surface area contributed by atoms with Gasteiger partial charge in [-0.15, -0.1) is 12.3 Å². The summed E-state index contributed by atoms with van der Waals surface area (Å²) in [7, 11) is 0. The monoisotopic (exact) mass is 448 g/mol. The van der Waals surface area contributed by atoms with Gasteiger partial charge in [0.25, 0.3) is 0 Å². The molecule has 0 bridgehead atoms. The molecule has 0 aliphatic heterocycles. The van der Waals surface area contributed by atoms with Gasteiger partial charge in [-0.05, 0) is 27.7 Å². The van der Waals surface area contributed by atoms with Crippen LogP contribution in [-0.2, 0) is 23.9 Å². The normalized spacial score (nSPS) is 10.0. The predicted octanol–water partition coefficient (Wildman–Crippen LogP) is -2.10. The van der Waals surface area contributed by atoms with Gasteiger partial charge in [-0.3, -0.25) is 14.4 Å². The van der Waals surface area contributed by atoms with Gasteiger partial charge in [0.15, 0.2) is 0 Å². The SMILES string of the molecule is C=C(C)[O-].CC(C)=O.[C-]#[N+]C[C@@H](O)CC(=O)CC(C)=O.[C-]#[N+]C[C@@H](O)CC(=O)OCC.[Li+]. The first-order chi connectivity index (χ1) is 14.2. The molecule has 11 heteroatoms. The zero-order chi connectivity index (χ0) is 25.4. The number of nitrogens with zero attached hydrogens (tertiary/aromatic N) is 2. The van der Waals surface area contributed by atoms with Crippen molar-refractivity contribution in [3.8, 4) is 0 Å². The van der Waals surface area contributed by atoms with Gasteiger partial charge in [-0.2, -0.15) is 0 Å². The number of aliphatic hydroxyl groups is 2. The number of esters is 1. The molecular weight excluding hydrogens is 415 g/mol. The number of allylic oxidation sites excluding steroid dienone is 1. The zero-order valence-electron chi connectivity index (χ0n) is 19.8. The molecule has 0 fully saturated rings. The molecule has 0 aliphatic rings. The second kappa shape index (κ2) is 28.5. The van der Waals surface area contributed by atoms with E-state index >= 15 is 0 Å². The van der Waals surface area contributed by atoms with Gasteiger partial charge in [-0.25, -0.2) is 13.1 Å². The van der Waals surface area contributed by atoms with Crippen molar-refractivity contribution in [1.29, 1.82) is 0 Å². The zero-order valence-corrected chi connectivity index (χ0v) is 19.8. The third-order valence-electron chi connectivity index (χ3n) is 2.22. The van der Waals surface area contributed by atoms with Crippen LogP contribution in [0.15, 0.2) is 12.3 Å². The summed E-state index contributed by atoms with van der Waals surface area (Å²) in [6, 6.07) is 0. The number of carbonyl (C=O) groups excluding carboxylic acids is 4. The number of ether oxygens (including phenoxy) is 1. The Morgan fingerprint density at radius 1 is 0.969 bits per heavy atom. The molecule has 0 heterocycles. The van der Waals surface area contributed by atoms with E-state index in [0.717, 1.165) is 0 Å². The summed E-state index contributed by atoms with van der Waals surface area (Å²) in [6.45, 7) is 23.5. The molecule has 0 saturated heterocycles. The molecule has 0 saturated carbocycles. The maximum Gasteiger partial charge on any atom is 1.00 e. The summed E-state index contributed by atoms with van der Waals surface area (Å²) in [5.41, 5.74) is 0. The molecule has 0 spiro atoms. The second-order valence-corrected chi connectivity index (χ2v) is 6.23. The van der Waals surface area contributed by atoms with Gasteiger partial charge in [-0.1, -0.05) is 6.92 Å². The minimum atomic E-state index is -0.922. The van der Waals surface area contributed by atoms with Crippen LogP contribution in [0.4, 0.5) is 0 Å². The molecule has 0 unspecified atom stereocenters. The number of rotatable bonds is 9. The average Bonchev–Trinajstić information content (AvgIpc) is 2.53. The molecule has 2 atom stereocenters. The molecule has 0 amide bonds. The predicted molar refractivity (Wildman–Crippen MR) is 112 cm³/mol. The summed E-state index contributed by atoms with van der Waals surface area (Å²) in [4.78, 5) is 47.2. The van der Waals surface area contributed by atoms with E-state index in [4.69, 9.17) is 23.4 Å². The van der Waals surface area contributed by atoms with Gasteiger partial charge in [0.05, 0.1) is 19.4 Å². The van der Waals surface area contributed by atoms with Crippen molar-refractivity contribution in [1.82, 2.24) is 0 Å². The van der Waals surface area contributed by atoms with Crippen LogP contribution in [0.1, 0.15) is 53.9 Å². The van der Waals surface area contributed by atoms with Crippen LogP contribution in [0, 0.1) is 13.1 Å². The largest absolute Gasteiger partial charge is 1.00 e. The molecule has 0 aromatic rings. The Balaban J connectivity index is -0.000000112. The molecular formula is C21H33LiN2O8. The van der Waals surface area contributed by atoms with Crippen molar-refractivity contribution >= 4 is 23.3 Å². The Kier molecular flexibility index (Phi) is 35.6. The van der Waals surface area contributed by atoms with E-state index in [2.05, 4.69) is 21.0 Å². The van der Waals surface area contributed by atoms with E-state index in [1.54, 1.807) is 6.92 Å². The van der Waals surface area contributed by atoms with Gasteiger partial charge in [0.1, 0.15) is 29.6 Å². The molecule has 10 nitrogen and oxygen atoms in total. The second-order valence-electron chi connectivity index (χ2n) is 6.23. The molecule has 0 radical (unpaired) electrons. The fourth-order valence-corrected chi connectivity index (χ4v) is 1.36. The first kappa shape index (κ1) is 39.9. The number of aliphatic hydroxyl groups excluding tert-OH is 2. The molecule has 0 aliphatic carbocycles. The van der Waals surface area contributed by atoms with Crippen LogP contribution in [0.5, 0.6) is 0 Å². The van der Waals surface area contributed by atoms with Crippen LogP contribution in [0.3, 0.4) is 0 Å². The summed E-state index contributed by atoms with van der Waals surface area (Å²) in [6.07, 6.45) is -2.13. The van der Waals surface area contributed by atoms with Crippen LogP contribution < -0.4 is 24.0 Å². The Bertz CT molecular complexity index is 619. The molecule has 0 rings (SSSR count). The van der Waals surface area contributed by atoms with Gasteiger partial charge in [0.2, 0.25) is 13.1 Å². The Labute approximate surface area is 202 Å². The summed E-state index contributed by atoms with van der Waals surface area (Å²) in [5, 5.41) is 27.3. The van der Waals surface area contributed by atoms with Crippen molar-refractivity contribution in [2.75, 3.05) is 19.7 Å². The van der Waals surface area contributed by atoms with Crippen LogP contribution in [-0.4, -0.2) is 65.4 Å². The van der Waals surface area contributed by atoms with Crippen molar-refractivity contribution in [2.45, 2.75) is 66.1 Å². The van der Waals surface area contributed by atoms with Crippen molar-refractivity contribution in [3.05, 3.63) is 35.2 Å². The molecule has 176 valence electrons. The standard InChI is InChI=1S/C8H11NO3.C7H11NO3.2C3H6O.Li/c1-6(10)3-7(11)4-8(12)5-9-2;1-3-11-7(10)4-6(9)5-8-2;2*1-3(2)4;/h8,12H,3-5H2,1H3;6,9H,3-5H2,1H3;1-2H3;4H,1H2,2H3;/q;;;;+1/p-1/t8-;6-;;;/m00.../s1. The van der Waals surface area contributed by atoms with Crippen molar-refractivity contribution in [3.63, 3.8) is 0 Å². The Hall–Kier alpha value is -2.48. The fraction of sp³-hybridized carbons (Fsp3) is 0.619. The summed E-state index contributed by atoms with van der Waals surface area (Å²) < 4.78 is 4.56. The minimum absolute atomic E-state index is 0. The Morgan fingerprint density at radius 3 is 1.59 bits per heavy atom. The number of hydrogen-bond acceptors (Lipinski definition) is 8. The average molecular weight is 448 g/mol. The topological polar surface area (TPSA) is 150 Å². The molecule has 0 aromatic carbocycles. The molecule has 32 heavy (non-hydrogen) atoms. The summed E-state index contributed by atoms with van der Waals surface area (Å²) in [5.74, 6) is -0.891. The van der Waals surface area contributed by atoms with E-state index in [0.29, 0.717) is 6.61 Å². The first-order valence-corrected chi connectivity index (χ1v) is 9.22. The Morgan fingerprint density at radius 2 is 1.31 bits per heavy atom. The molecule has 0 aromatic heterocycles. The van der Waals surface area contributed by atoms with Crippen molar-refractivity contribution < 1.29 is 58.1 Å². The van der Waals surface area contributed by atoms with Gasteiger partial charge < -0.3 is 34.5 Å². The fourth-order valence-electron chi connectivity index (χ4n) is 1.36. The van der Waals surface area contributed by atoms with Gasteiger partial charge in [0, 0.05) is 6.42 Å². The van der Waals surface area contributed by atoms with Crippen molar-refractivity contribution in [2.24, 2.45) is 0 Å². The first-order valence-electron chi connectivity index (χ1n) is 9.22. The van der Waals surface area contributed by atoms with Crippen LogP contribution in [0.2, 0.25) is 0 Å². The smallest absolute Gasteiger partial charge is 0.876 e. The third-order valence-corrected chi connectivity index (χ3v) is 2.22.